The van der Waals surface area contributed by atoms with Crippen molar-refractivity contribution in [3.63, 3.8) is 0 Å². The van der Waals surface area contributed by atoms with Gasteiger partial charge in [-0.15, -0.1) is 0 Å². The second kappa shape index (κ2) is 5.38. The highest BCUT2D eigenvalue weighted by Gasteiger charge is 2.32. The molecule has 1 aliphatic heterocycles. The van der Waals surface area contributed by atoms with Crippen LogP contribution in [0.15, 0.2) is 22.7 Å². The van der Waals surface area contributed by atoms with Gasteiger partial charge in [-0.2, -0.15) is 0 Å². The zero-order valence-electron chi connectivity index (χ0n) is 10.2. The first-order chi connectivity index (χ1) is 8.48. The first kappa shape index (κ1) is 13.5. The number of nitrogens with one attached hydrogen (secondary N) is 1. The summed E-state index contributed by atoms with van der Waals surface area (Å²) in [6.45, 7) is 2.98. The van der Waals surface area contributed by atoms with Gasteiger partial charge < -0.3 is 15.2 Å². The van der Waals surface area contributed by atoms with Gasteiger partial charge in [-0.25, -0.2) is 0 Å². The van der Waals surface area contributed by atoms with Gasteiger partial charge in [0, 0.05) is 29.6 Å². The van der Waals surface area contributed by atoms with Gasteiger partial charge in [0.15, 0.2) is 0 Å². The van der Waals surface area contributed by atoms with E-state index >= 15 is 0 Å². The Morgan fingerprint density at radius 1 is 1.56 bits per heavy atom. The van der Waals surface area contributed by atoms with Gasteiger partial charge in [-0.3, -0.25) is 4.79 Å². The van der Waals surface area contributed by atoms with E-state index < -0.39 is 5.60 Å². The summed E-state index contributed by atoms with van der Waals surface area (Å²) >= 11 is 3.36. The summed E-state index contributed by atoms with van der Waals surface area (Å²) in [7, 11) is 0. The van der Waals surface area contributed by atoms with Crippen LogP contribution in [0.2, 0.25) is 0 Å². The minimum atomic E-state index is -0.920. The first-order valence-electron chi connectivity index (χ1n) is 5.84. The molecule has 18 heavy (non-hydrogen) atoms. The van der Waals surface area contributed by atoms with E-state index in [0.29, 0.717) is 18.6 Å². The van der Waals surface area contributed by atoms with Crippen molar-refractivity contribution in [1.82, 2.24) is 5.32 Å². The fourth-order valence-electron chi connectivity index (χ4n) is 1.95. The Morgan fingerprint density at radius 3 is 2.94 bits per heavy atom. The maximum absolute atomic E-state index is 12.0. The third-order valence-electron chi connectivity index (χ3n) is 2.96. The van der Waals surface area contributed by atoms with Crippen molar-refractivity contribution in [2.75, 3.05) is 19.8 Å². The Hall–Kier alpha value is -0.910. The lowest BCUT2D eigenvalue weighted by Crippen LogP contribution is -2.43. The van der Waals surface area contributed by atoms with E-state index in [1.807, 2.05) is 19.1 Å². The van der Waals surface area contributed by atoms with E-state index in [4.69, 9.17) is 4.74 Å². The number of amides is 1. The molecular formula is C13H16BrNO3. The molecule has 0 aromatic heterocycles. The van der Waals surface area contributed by atoms with Crippen molar-refractivity contribution in [2.24, 2.45) is 0 Å². The summed E-state index contributed by atoms with van der Waals surface area (Å²) in [6.07, 6.45) is 0.560. The predicted molar refractivity (Wildman–Crippen MR) is 71.6 cm³/mol. The van der Waals surface area contributed by atoms with Crippen LogP contribution >= 0.6 is 15.9 Å². The summed E-state index contributed by atoms with van der Waals surface area (Å²) in [6, 6.07) is 5.52. The minimum absolute atomic E-state index is 0.181. The van der Waals surface area contributed by atoms with Crippen molar-refractivity contribution in [3.8, 4) is 0 Å². The highest BCUT2D eigenvalue weighted by Crippen LogP contribution is 2.18. The molecule has 4 nitrogen and oxygen atoms in total. The number of aryl methyl sites for hydroxylation is 1. The van der Waals surface area contributed by atoms with Gasteiger partial charge >= 0.3 is 0 Å². The Kier molecular flexibility index (Phi) is 4.04. The van der Waals surface area contributed by atoms with Gasteiger partial charge in [0.2, 0.25) is 0 Å². The second-order valence-corrected chi connectivity index (χ2v) is 5.64. The average Bonchev–Trinajstić information content (AvgIpc) is 2.72. The number of aliphatic hydroxyl groups is 1. The van der Waals surface area contributed by atoms with E-state index in [-0.39, 0.29) is 19.1 Å². The molecule has 1 saturated heterocycles. The van der Waals surface area contributed by atoms with Crippen LogP contribution in [0.25, 0.3) is 0 Å². The van der Waals surface area contributed by atoms with E-state index in [2.05, 4.69) is 21.2 Å². The number of halogens is 1. The Balaban J connectivity index is 1.99. The Labute approximate surface area is 114 Å². The molecule has 98 valence electrons. The zero-order chi connectivity index (χ0) is 13.2. The summed E-state index contributed by atoms with van der Waals surface area (Å²) < 4.78 is 6.00. The third kappa shape index (κ3) is 3.31. The lowest BCUT2D eigenvalue weighted by atomic mass is 10.0. The summed E-state index contributed by atoms with van der Waals surface area (Å²) in [4.78, 5) is 12.0. The summed E-state index contributed by atoms with van der Waals surface area (Å²) in [5.41, 5.74) is 0.679. The largest absolute Gasteiger partial charge is 0.386 e. The zero-order valence-corrected chi connectivity index (χ0v) is 11.8. The number of hydrogen-bond acceptors (Lipinski definition) is 3. The molecule has 1 aromatic carbocycles. The Bertz CT molecular complexity index is 435. The molecule has 2 rings (SSSR count). The summed E-state index contributed by atoms with van der Waals surface area (Å²) in [5.74, 6) is -0.181. The van der Waals surface area contributed by atoms with Crippen LogP contribution in [0.4, 0.5) is 0 Å². The van der Waals surface area contributed by atoms with Crippen LogP contribution < -0.4 is 5.32 Å². The van der Waals surface area contributed by atoms with Crippen LogP contribution in [0.5, 0.6) is 0 Å². The molecule has 5 heteroatoms. The number of rotatable bonds is 3. The van der Waals surface area contributed by atoms with E-state index in [0.717, 1.165) is 10.0 Å². The van der Waals surface area contributed by atoms with Gasteiger partial charge in [-0.1, -0.05) is 15.9 Å². The van der Waals surface area contributed by atoms with Gasteiger partial charge in [0.05, 0.1) is 6.61 Å². The van der Waals surface area contributed by atoms with Crippen molar-refractivity contribution in [1.29, 1.82) is 0 Å². The third-order valence-corrected chi connectivity index (χ3v) is 3.42. The number of carbonyl (C=O) groups is 1. The van der Waals surface area contributed by atoms with Crippen molar-refractivity contribution in [2.45, 2.75) is 18.9 Å². The second-order valence-electron chi connectivity index (χ2n) is 4.73. The van der Waals surface area contributed by atoms with Crippen molar-refractivity contribution < 1.29 is 14.6 Å². The van der Waals surface area contributed by atoms with E-state index in [1.54, 1.807) is 6.07 Å². The lowest BCUT2D eigenvalue weighted by molar-refractivity contribution is 0.0264. The molecule has 0 spiro atoms. The number of carbonyl (C=O) groups excluding carboxylic acids is 1. The number of hydrogen-bond donors (Lipinski definition) is 2. The molecule has 0 bridgehead atoms. The van der Waals surface area contributed by atoms with Crippen LogP contribution in [-0.2, 0) is 4.74 Å². The predicted octanol–water partition coefficient (Wildman–Crippen LogP) is 1.64. The SMILES string of the molecule is Cc1cc(Br)cc(C(=O)NC[C@]2(O)CCOC2)c1. The van der Waals surface area contributed by atoms with Crippen molar-refractivity contribution >= 4 is 21.8 Å². The van der Waals surface area contributed by atoms with Gasteiger partial charge in [0.1, 0.15) is 5.60 Å². The lowest BCUT2D eigenvalue weighted by Gasteiger charge is -2.20. The average molecular weight is 314 g/mol. The highest BCUT2D eigenvalue weighted by molar-refractivity contribution is 9.10. The van der Waals surface area contributed by atoms with Crippen LogP contribution in [0.1, 0.15) is 22.3 Å². The highest BCUT2D eigenvalue weighted by atomic mass is 79.9. The number of ether oxygens (including phenoxy) is 1. The molecule has 1 atom stereocenters. The van der Waals surface area contributed by atoms with Crippen LogP contribution in [0.3, 0.4) is 0 Å². The van der Waals surface area contributed by atoms with Crippen LogP contribution in [-0.4, -0.2) is 36.4 Å². The maximum Gasteiger partial charge on any atom is 0.251 e. The standard InChI is InChI=1S/C13H16BrNO3/c1-9-4-10(6-11(14)5-9)12(16)15-7-13(17)2-3-18-8-13/h4-6,17H,2-3,7-8H2,1H3,(H,15,16)/t13-/m1/s1. The normalized spacial score (nSPS) is 23.1. The topological polar surface area (TPSA) is 58.6 Å². The molecule has 1 aliphatic rings. The van der Waals surface area contributed by atoms with E-state index in [1.165, 1.54) is 0 Å². The molecule has 2 N–H and O–H groups in total. The molecule has 0 saturated carbocycles. The fraction of sp³-hybridized carbons (Fsp3) is 0.462. The number of benzene rings is 1. The van der Waals surface area contributed by atoms with Crippen LogP contribution in [0, 0.1) is 6.92 Å². The smallest absolute Gasteiger partial charge is 0.251 e. The van der Waals surface area contributed by atoms with Crippen molar-refractivity contribution in [3.05, 3.63) is 33.8 Å². The molecule has 0 aliphatic carbocycles. The van der Waals surface area contributed by atoms with Gasteiger partial charge in [-0.05, 0) is 30.7 Å². The fourth-order valence-corrected chi connectivity index (χ4v) is 2.56. The monoisotopic (exact) mass is 313 g/mol. The van der Waals surface area contributed by atoms with Gasteiger partial charge in [0.25, 0.3) is 5.91 Å². The molecule has 1 heterocycles. The molecule has 1 aromatic rings. The quantitative estimate of drug-likeness (QED) is 0.892. The summed E-state index contributed by atoms with van der Waals surface area (Å²) in [5, 5.41) is 12.8. The molecule has 0 radical (unpaired) electrons. The Morgan fingerprint density at radius 2 is 2.33 bits per heavy atom. The first-order valence-corrected chi connectivity index (χ1v) is 6.63. The molecule has 0 unspecified atom stereocenters. The minimum Gasteiger partial charge on any atom is -0.386 e. The molecule has 1 amide bonds. The molecule has 1 fully saturated rings. The van der Waals surface area contributed by atoms with E-state index in [9.17, 15) is 9.90 Å². The maximum atomic E-state index is 12.0. The molecular weight excluding hydrogens is 298 g/mol.